The van der Waals surface area contributed by atoms with E-state index in [0.717, 1.165) is 38.9 Å². The van der Waals surface area contributed by atoms with E-state index in [1.807, 2.05) is 12.4 Å². The van der Waals surface area contributed by atoms with Crippen LogP contribution in [-0.2, 0) is 11.3 Å². The van der Waals surface area contributed by atoms with Gasteiger partial charge in [-0.2, -0.15) is 5.10 Å². The van der Waals surface area contributed by atoms with Gasteiger partial charge in [-0.05, 0) is 31.1 Å². The van der Waals surface area contributed by atoms with Crippen LogP contribution in [0.5, 0.6) is 0 Å². The Morgan fingerprint density at radius 3 is 3.00 bits per heavy atom. The number of carbonyl (C=O) groups is 2. The molecule has 9 nitrogen and oxygen atoms in total. The van der Waals surface area contributed by atoms with E-state index < -0.39 is 0 Å². The third-order valence-corrected chi connectivity index (χ3v) is 6.86. The zero-order chi connectivity index (χ0) is 20.7. The summed E-state index contributed by atoms with van der Waals surface area (Å²) in [6.07, 6.45) is 8.93. The second kappa shape index (κ2) is 7.86. The van der Waals surface area contributed by atoms with Gasteiger partial charge >= 0.3 is 0 Å². The van der Waals surface area contributed by atoms with Crippen LogP contribution in [0, 0.1) is 18.8 Å². The minimum Gasteiger partial charge on any atom is -0.448 e. The van der Waals surface area contributed by atoms with E-state index in [9.17, 15) is 9.59 Å². The molecule has 4 atom stereocenters. The average Bonchev–Trinajstić information content (AvgIpc) is 3.40. The predicted molar refractivity (Wildman–Crippen MR) is 107 cm³/mol. The summed E-state index contributed by atoms with van der Waals surface area (Å²) in [7, 11) is 0. The zero-order valence-electron chi connectivity index (χ0n) is 17.2. The van der Waals surface area contributed by atoms with Crippen LogP contribution in [-0.4, -0.2) is 68.5 Å². The summed E-state index contributed by atoms with van der Waals surface area (Å²) >= 11 is 0. The molecule has 3 aliphatic rings. The molecule has 5 rings (SSSR count). The Bertz CT molecular complexity index is 910. The van der Waals surface area contributed by atoms with E-state index in [2.05, 4.69) is 30.3 Å². The molecule has 0 spiro atoms. The monoisotopic (exact) mass is 412 g/mol. The molecule has 0 radical (unpaired) electrons. The van der Waals surface area contributed by atoms with Gasteiger partial charge in [-0.25, -0.2) is 4.98 Å². The SMILES string of the molecule is Cc1nc(C(=O)NC[C@H]2[C@H]3C[C@H](CN(Cc4cn[nH]c4)C3)[C@@H]3CCCC(=O)N32)co1. The van der Waals surface area contributed by atoms with Crippen molar-refractivity contribution in [3.63, 3.8) is 0 Å². The van der Waals surface area contributed by atoms with Crippen LogP contribution in [0.15, 0.2) is 23.1 Å². The first kappa shape index (κ1) is 19.3. The molecule has 2 bridgehead atoms. The third kappa shape index (κ3) is 3.62. The average molecular weight is 412 g/mol. The van der Waals surface area contributed by atoms with Crippen molar-refractivity contribution in [2.45, 2.75) is 51.2 Å². The maximum atomic E-state index is 12.9. The molecule has 160 valence electrons. The normalized spacial score (nSPS) is 29.0. The number of carbonyl (C=O) groups excluding carboxylic acids is 2. The minimum atomic E-state index is -0.249. The van der Waals surface area contributed by atoms with Crippen LogP contribution in [0.4, 0.5) is 0 Å². The summed E-state index contributed by atoms with van der Waals surface area (Å²) in [6.45, 7) is 4.95. The van der Waals surface area contributed by atoms with Gasteiger partial charge in [0.15, 0.2) is 11.6 Å². The number of amides is 2. The largest absolute Gasteiger partial charge is 0.448 e. The van der Waals surface area contributed by atoms with E-state index in [-0.39, 0.29) is 29.6 Å². The maximum Gasteiger partial charge on any atom is 0.273 e. The number of rotatable bonds is 5. The van der Waals surface area contributed by atoms with Crippen molar-refractivity contribution >= 4 is 11.8 Å². The Kier molecular flexibility index (Phi) is 5.06. The molecule has 2 aromatic rings. The number of aryl methyl sites for hydroxylation is 1. The first-order valence-electron chi connectivity index (χ1n) is 10.8. The number of aromatic nitrogens is 3. The lowest BCUT2D eigenvalue weighted by atomic mass is 9.72. The van der Waals surface area contributed by atoms with E-state index in [4.69, 9.17) is 4.42 Å². The highest BCUT2D eigenvalue weighted by Gasteiger charge is 2.49. The van der Waals surface area contributed by atoms with Crippen molar-refractivity contribution in [2.24, 2.45) is 11.8 Å². The molecular formula is C21H28N6O3. The van der Waals surface area contributed by atoms with Gasteiger partial charge in [0.25, 0.3) is 5.91 Å². The van der Waals surface area contributed by atoms with E-state index >= 15 is 0 Å². The van der Waals surface area contributed by atoms with Crippen molar-refractivity contribution in [3.8, 4) is 0 Å². The Morgan fingerprint density at radius 1 is 1.37 bits per heavy atom. The number of likely N-dealkylation sites (tertiary alicyclic amines) is 1. The molecule has 0 aromatic carbocycles. The molecule has 30 heavy (non-hydrogen) atoms. The van der Waals surface area contributed by atoms with Crippen LogP contribution >= 0.6 is 0 Å². The molecule has 3 aliphatic heterocycles. The topological polar surface area (TPSA) is 107 Å². The van der Waals surface area contributed by atoms with E-state index in [0.29, 0.717) is 30.7 Å². The number of H-pyrrole nitrogens is 1. The minimum absolute atomic E-state index is 0.0168. The molecule has 0 aliphatic carbocycles. The van der Waals surface area contributed by atoms with Gasteiger partial charge in [-0.1, -0.05) is 0 Å². The number of oxazole rings is 1. The van der Waals surface area contributed by atoms with Gasteiger partial charge in [-0.15, -0.1) is 0 Å². The van der Waals surface area contributed by atoms with Crippen molar-refractivity contribution in [1.82, 2.24) is 30.3 Å². The lowest BCUT2D eigenvalue weighted by Gasteiger charge is -2.56. The highest BCUT2D eigenvalue weighted by molar-refractivity contribution is 5.92. The molecule has 5 heterocycles. The fourth-order valence-corrected chi connectivity index (χ4v) is 5.64. The van der Waals surface area contributed by atoms with Crippen LogP contribution in [0.1, 0.15) is 47.6 Å². The summed E-state index contributed by atoms with van der Waals surface area (Å²) in [6, 6.07) is 0.286. The quantitative estimate of drug-likeness (QED) is 0.767. The third-order valence-electron chi connectivity index (χ3n) is 6.86. The molecule has 0 unspecified atom stereocenters. The highest BCUT2D eigenvalue weighted by atomic mass is 16.3. The van der Waals surface area contributed by atoms with Crippen molar-refractivity contribution in [3.05, 3.63) is 35.8 Å². The first-order valence-corrected chi connectivity index (χ1v) is 10.8. The second-order valence-corrected chi connectivity index (χ2v) is 8.85. The predicted octanol–water partition coefficient (Wildman–Crippen LogP) is 1.34. The number of fused-ring (bicyclic) bond motifs is 4. The molecule has 2 amide bonds. The lowest BCUT2D eigenvalue weighted by Crippen LogP contribution is -2.67. The molecule has 3 fully saturated rings. The van der Waals surface area contributed by atoms with Gasteiger partial charge in [0.2, 0.25) is 5.91 Å². The van der Waals surface area contributed by atoms with Gasteiger partial charge < -0.3 is 14.6 Å². The highest BCUT2D eigenvalue weighted by Crippen LogP contribution is 2.41. The van der Waals surface area contributed by atoms with Crippen LogP contribution in [0.25, 0.3) is 0 Å². The number of hydrogen-bond donors (Lipinski definition) is 2. The Balaban J connectivity index is 1.33. The molecule has 2 N–H and O–H groups in total. The fourth-order valence-electron chi connectivity index (χ4n) is 5.64. The Hall–Kier alpha value is -2.68. The standard InChI is InChI=1S/C21H28N6O3/c1-13-25-17(12-30-13)21(29)22-8-19-16-5-15(18-3-2-4-20(28)27(18)19)10-26(11-16)9-14-6-23-24-7-14/h6-7,12,15-16,18-19H,2-5,8-11H2,1H3,(H,22,29)(H,23,24)/t15-,16+,18+,19+/m1/s1. The van der Waals surface area contributed by atoms with Gasteiger partial charge in [0.1, 0.15) is 6.26 Å². The van der Waals surface area contributed by atoms with E-state index in [1.165, 1.54) is 11.8 Å². The van der Waals surface area contributed by atoms with Crippen molar-refractivity contribution < 1.29 is 14.0 Å². The molecular weight excluding hydrogens is 384 g/mol. The fraction of sp³-hybridized carbons (Fsp3) is 0.619. The maximum absolute atomic E-state index is 12.9. The summed E-state index contributed by atoms with van der Waals surface area (Å²) in [5.74, 6) is 1.29. The second-order valence-electron chi connectivity index (χ2n) is 8.85. The number of hydrogen-bond acceptors (Lipinski definition) is 6. The Morgan fingerprint density at radius 2 is 2.23 bits per heavy atom. The summed E-state index contributed by atoms with van der Waals surface area (Å²) < 4.78 is 5.16. The zero-order valence-corrected chi connectivity index (χ0v) is 17.2. The Labute approximate surface area is 175 Å². The smallest absolute Gasteiger partial charge is 0.273 e. The number of nitrogens with zero attached hydrogens (tertiary/aromatic N) is 4. The van der Waals surface area contributed by atoms with Crippen LogP contribution < -0.4 is 5.32 Å². The van der Waals surface area contributed by atoms with Crippen LogP contribution in [0.3, 0.4) is 0 Å². The molecule has 9 heteroatoms. The molecule has 2 aromatic heterocycles. The van der Waals surface area contributed by atoms with Crippen LogP contribution in [0.2, 0.25) is 0 Å². The van der Waals surface area contributed by atoms with Gasteiger partial charge in [0, 0.05) is 57.3 Å². The van der Waals surface area contributed by atoms with E-state index in [1.54, 1.807) is 6.92 Å². The summed E-state index contributed by atoms with van der Waals surface area (Å²) in [5, 5.41) is 9.96. The summed E-state index contributed by atoms with van der Waals surface area (Å²) in [5.41, 5.74) is 1.46. The van der Waals surface area contributed by atoms with Gasteiger partial charge in [0.05, 0.1) is 12.2 Å². The lowest BCUT2D eigenvalue weighted by molar-refractivity contribution is -0.152. The number of aromatic amines is 1. The molecule has 0 saturated carbocycles. The first-order chi connectivity index (χ1) is 14.6. The van der Waals surface area contributed by atoms with Crippen molar-refractivity contribution in [1.29, 1.82) is 0 Å². The number of piperidine rings is 3. The van der Waals surface area contributed by atoms with Gasteiger partial charge in [-0.3, -0.25) is 19.6 Å². The molecule has 3 saturated heterocycles. The summed E-state index contributed by atoms with van der Waals surface area (Å²) in [4.78, 5) is 34.1. The number of nitrogens with one attached hydrogen (secondary N) is 2. The van der Waals surface area contributed by atoms with Crippen molar-refractivity contribution in [2.75, 3.05) is 19.6 Å².